The topological polar surface area (TPSA) is 22.1 Å². The molecule has 0 spiro atoms. The van der Waals surface area contributed by atoms with E-state index in [4.69, 9.17) is 11.2 Å². The van der Waals surface area contributed by atoms with Crippen molar-refractivity contribution in [3.05, 3.63) is 26.4 Å². The standard InChI is InChI=1S/C11H11Br2NO/c1-3-5-15-7-10-11(13)8(4-2)9(12)6-14-10/h1,6H,4-5,7H2,2H3. The first-order valence-electron chi connectivity index (χ1n) is 4.53. The maximum Gasteiger partial charge on any atom is 0.107 e. The van der Waals surface area contributed by atoms with Crippen molar-refractivity contribution in [2.75, 3.05) is 6.61 Å². The lowest BCUT2D eigenvalue weighted by molar-refractivity contribution is 0.150. The summed E-state index contributed by atoms with van der Waals surface area (Å²) in [5.41, 5.74) is 2.08. The molecule has 0 saturated carbocycles. The van der Waals surface area contributed by atoms with Crippen LogP contribution in [0.15, 0.2) is 15.1 Å². The predicted octanol–water partition coefficient (Wildman–Crippen LogP) is 3.32. The van der Waals surface area contributed by atoms with E-state index in [1.54, 1.807) is 6.20 Å². The van der Waals surface area contributed by atoms with Crippen molar-refractivity contribution in [2.24, 2.45) is 0 Å². The van der Waals surface area contributed by atoms with Gasteiger partial charge < -0.3 is 4.74 Å². The Hall–Kier alpha value is -0.370. The molecule has 0 fully saturated rings. The summed E-state index contributed by atoms with van der Waals surface area (Å²) in [5, 5.41) is 0. The molecule has 0 unspecified atom stereocenters. The van der Waals surface area contributed by atoms with Crippen LogP contribution in [0.25, 0.3) is 0 Å². The molecule has 0 bridgehead atoms. The summed E-state index contributed by atoms with van der Waals surface area (Å²) in [6, 6.07) is 0. The van der Waals surface area contributed by atoms with Crippen LogP contribution in [0.3, 0.4) is 0 Å². The minimum Gasteiger partial charge on any atom is -0.362 e. The van der Waals surface area contributed by atoms with E-state index in [-0.39, 0.29) is 0 Å². The van der Waals surface area contributed by atoms with Crippen LogP contribution in [0.1, 0.15) is 18.2 Å². The Morgan fingerprint density at radius 2 is 2.27 bits per heavy atom. The molecule has 0 aliphatic carbocycles. The third-order valence-corrected chi connectivity index (χ3v) is 3.54. The zero-order valence-electron chi connectivity index (χ0n) is 8.39. The van der Waals surface area contributed by atoms with Gasteiger partial charge in [-0.3, -0.25) is 4.98 Å². The number of hydrogen-bond acceptors (Lipinski definition) is 2. The number of ether oxygens (including phenoxy) is 1. The highest BCUT2D eigenvalue weighted by molar-refractivity contribution is 9.11. The molecule has 1 heterocycles. The van der Waals surface area contributed by atoms with E-state index in [1.807, 2.05) is 0 Å². The van der Waals surface area contributed by atoms with E-state index >= 15 is 0 Å². The molecular formula is C11H11Br2NO. The molecule has 80 valence electrons. The molecule has 15 heavy (non-hydrogen) atoms. The van der Waals surface area contributed by atoms with Gasteiger partial charge in [-0.15, -0.1) is 6.42 Å². The Bertz CT molecular complexity index is 385. The monoisotopic (exact) mass is 331 g/mol. The Labute approximate surface area is 107 Å². The van der Waals surface area contributed by atoms with Gasteiger partial charge in [-0.05, 0) is 43.8 Å². The third-order valence-electron chi connectivity index (χ3n) is 1.92. The van der Waals surface area contributed by atoms with Gasteiger partial charge in [-0.2, -0.15) is 0 Å². The SMILES string of the molecule is C#CCOCc1ncc(Br)c(CC)c1Br. The molecule has 0 amide bonds. The quantitative estimate of drug-likeness (QED) is 0.623. The molecule has 1 rings (SSSR count). The average molecular weight is 333 g/mol. The summed E-state index contributed by atoms with van der Waals surface area (Å²) in [5.74, 6) is 2.42. The van der Waals surface area contributed by atoms with Gasteiger partial charge in [0.15, 0.2) is 0 Å². The van der Waals surface area contributed by atoms with Gasteiger partial charge >= 0.3 is 0 Å². The van der Waals surface area contributed by atoms with Gasteiger partial charge in [0.1, 0.15) is 6.61 Å². The first kappa shape index (κ1) is 12.7. The Kier molecular flexibility index (Phi) is 5.30. The van der Waals surface area contributed by atoms with Crippen molar-refractivity contribution in [2.45, 2.75) is 20.0 Å². The average Bonchev–Trinajstić information content (AvgIpc) is 2.22. The zero-order valence-corrected chi connectivity index (χ0v) is 11.6. The van der Waals surface area contributed by atoms with Gasteiger partial charge in [0.05, 0.1) is 12.3 Å². The molecule has 0 saturated heterocycles. The van der Waals surface area contributed by atoms with Gasteiger partial charge in [-0.25, -0.2) is 0 Å². The lowest BCUT2D eigenvalue weighted by Crippen LogP contribution is -2.00. The molecule has 0 radical (unpaired) electrons. The fourth-order valence-electron chi connectivity index (χ4n) is 1.18. The highest BCUT2D eigenvalue weighted by Gasteiger charge is 2.09. The molecule has 1 aromatic heterocycles. The zero-order chi connectivity index (χ0) is 11.3. The summed E-state index contributed by atoms with van der Waals surface area (Å²) in [6.45, 7) is 2.84. The van der Waals surface area contributed by atoms with Crippen molar-refractivity contribution < 1.29 is 4.74 Å². The number of rotatable bonds is 4. The Morgan fingerprint density at radius 1 is 1.53 bits per heavy atom. The van der Waals surface area contributed by atoms with E-state index in [1.165, 1.54) is 5.56 Å². The first-order chi connectivity index (χ1) is 7.20. The van der Waals surface area contributed by atoms with E-state index in [2.05, 4.69) is 49.7 Å². The minimum atomic E-state index is 0.311. The van der Waals surface area contributed by atoms with Crippen molar-refractivity contribution in [1.82, 2.24) is 4.98 Å². The second kappa shape index (κ2) is 6.26. The van der Waals surface area contributed by atoms with Gasteiger partial charge in [0, 0.05) is 15.1 Å². The lowest BCUT2D eigenvalue weighted by atomic mass is 10.2. The summed E-state index contributed by atoms with van der Waals surface area (Å²) >= 11 is 6.98. The van der Waals surface area contributed by atoms with Crippen molar-refractivity contribution in [1.29, 1.82) is 0 Å². The number of nitrogens with zero attached hydrogens (tertiary/aromatic N) is 1. The van der Waals surface area contributed by atoms with Crippen molar-refractivity contribution in [3.8, 4) is 12.3 Å². The van der Waals surface area contributed by atoms with Crippen LogP contribution in [-0.4, -0.2) is 11.6 Å². The lowest BCUT2D eigenvalue weighted by Gasteiger charge is -2.09. The molecule has 2 nitrogen and oxygen atoms in total. The molecule has 0 atom stereocenters. The van der Waals surface area contributed by atoms with Crippen LogP contribution >= 0.6 is 31.9 Å². The largest absolute Gasteiger partial charge is 0.362 e. The summed E-state index contributed by atoms with van der Waals surface area (Å²) in [4.78, 5) is 4.27. The molecule has 0 aromatic carbocycles. The van der Waals surface area contributed by atoms with E-state index < -0.39 is 0 Å². The fraction of sp³-hybridized carbons (Fsp3) is 0.364. The molecule has 1 aromatic rings. The number of halogens is 2. The molecule has 4 heteroatoms. The fourth-order valence-corrected chi connectivity index (χ4v) is 2.74. The summed E-state index contributed by atoms with van der Waals surface area (Å²) in [7, 11) is 0. The first-order valence-corrected chi connectivity index (χ1v) is 6.12. The maximum atomic E-state index is 5.25. The molecule has 0 N–H and O–H groups in total. The van der Waals surface area contributed by atoms with Gasteiger partial charge in [0.2, 0.25) is 0 Å². The molecule has 0 aliphatic heterocycles. The van der Waals surface area contributed by atoms with E-state index in [0.717, 1.165) is 21.1 Å². The van der Waals surface area contributed by atoms with Crippen LogP contribution in [0.4, 0.5) is 0 Å². The third kappa shape index (κ3) is 3.30. The molecular weight excluding hydrogens is 322 g/mol. The normalized spacial score (nSPS) is 10.0. The van der Waals surface area contributed by atoms with Crippen LogP contribution in [-0.2, 0) is 17.8 Å². The smallest absolute Gasteiger partial charge is 0.107 e. The maximum absolute atomic E-state index is 5.25. The Morgan fingerprint density at radius 3 is 2.87 bits per heavy atom. The number of aromatic nitrogens is 1. The van der Waals surface area contributed by atoms with Crippen molar-refractivity contribution in [3.63, 3.8) is 0 Å². The van der Waals surface area contributed by atoms with Crippen LogP contribution in [0, 0.1) is 12.3 Å². The van der Waals surface area contributed by atoms with Crippen molar-refractivity contribution >= 4 is 31.9 Å². The Balaban J connectivity index is 2.86. The van der Waals surface area contributed by atoms with Gasteiger partial charge in [-0.1, -0.05) is 12.8 Å². The van der Waals surface area contributed by atoms with Crippen LogP contribution in [0.2, 0.25) is 0 Å². The predicted molar refractivity (Wildman–Crippen MR) is 67.5 cm³/mol. The molecule has 0 aliphatic rings. The van der Waals surface area contributed by atoms with Gasteiger partial charge in [0.25, 0.3) is 0 Å². The minimum absolute atomic E-state index is 0.311. The number of hydrogen-bond donors (Lipinski definition) is 0. The van der Waals surface area contributed by atoms with Crippen LogP contribution in [0.5, 0.6) is 0 Å². The number of terminal acetylenes is 1. The highest BCUT2D eigenvalue weighted by atomic mass is 79.9. The number of pyridine rings is 1. The second-order valence-corrected chi connectivity index (χ2v) is 4.54. The highest BCUT2D eigenvalue weighted by Crippen LogP contribution is 2.27. The summed E-state index contributed by atoms with van der Waals surface area (Å²) < 4.78 is 7.25. The second-order valence-electron chi connectivity index (χ2n) is 2.90. The van der Waals surface area contributed by atoms with Crippen LogP contribution < -0.4 is 0 Å². The summed E-state index contributed by atoms with van der Waals surface area (Å²) in [6.07, 6.45) is 7.82. The van der Waals surface area contributed by atoms with E-state index in [9.17, 15) is 0 Å². The van der Waals surface area contributed by atoms with E-state index in [0.29, 0.717) is 13.2 Å².